The van der Waals surface area contributed by atoms with Crippen LogP contribution in [0.4, 0.5) is 13.2 Å². The zero-order valence-corrected chi connectivity index (χ0v) is 11.9. The molecule has 0 heterocycles. The van der Waals surface area contributed by atoms with Crippen molar-refractivity contribution >= 4 is 0 Å². The fraction of sp³-hybridized carbons (Fsp3) is 1.00. The maximum atomic E-state index is 12.7. The van der Waals surface area contributed by atoms with Gasteiger partial charge < -0.3 is 5.11 Å². The Labute approximate surface area is 114 Å². The van der Waals surface area contributed by atoms with Crippen LogP contribution in [0.15, 0.2) is 0 Å². The Balaban J connectivity index is 2.27. The van der Waals surface area contributed by atoms with E-state index in [1.807, 2.05) is 0 Å². The third kappa shape index (κ3) is 6.15. The minimum atomic E-state index is -4.14. The molecule has 1 rings (SSSR count). The van der Waals surface area contributed by atoms with E-state index in [0.29, 0.717) is 19.3 Å². The number of rotatable bonds is 7. The number of hydrogen-bond donors (Lipinski definition) is 1. The average molecular weight is 280 g/mol. The lowest BCUT2D eigenvalue weighted by atomic mass is 9.75. The zero-order valence-electron chi connectivity index (χ0n) is 11.9. The van der Waals surface area contributed by atoms with Gasteiger partial charge >= 0.3 is 6.18 Å². The van der Waals surface area contributed by atoms with Crippen LogP contribution in [0.2, 0.25) is 0 Å². The van der Waals surface area contributed by atoms with Gasteiger partial charge in [-0.3, -0.25) is 0 Å². The van der Waals surface area contributed by atoms with Crippen LogP contribution >= 0.6 is 0 Å². The van der Waals surface area contributed by atoms with Crippen LogP contribution in [-0.2, 0) is 0 Å². The largest absolute Gasteiger partial charge is 0.391 e. The Morgan fingerprint density at radius 3 is 2.37 bits per heavy atom. The SMILES string of the molecule is CCCCCCCCC1(O)CCCC(C(F)(F)F)C1. The molecule has 0 aromatic carbocycles. The number of aliphatic hydroxyl groups is 1. The molecule has 0 aromatic rings. The molecule has 1 fully saturated rings. The summed E-state index contributed by atoms with van der Waals surface area (Å²) < 4.78 is 38.1. The topological polar surface area (TPSA) is 20.2 Å². The Morgan fingerprint density at radius 2 is 1.74 bits per heavy atom. The van der Waals surface area contributed by atoms with E-state index in [0.717, 1.165) is 19.3 Å². The Bertz CT molecular complexity index is 252. The van der Waals surface area contributed by atoms with Gasteiger partial charge in [0.15, 0.2) is 0 Å². The van der Waals surface area contributed by atoms with E-state index in [2.05, 4.69) is 6.92 Å². The van der Waals surface area contributed by atoms with Crippen LogP contribution < -0.4 is 0 Å². The van der Waals surface area contributed by atoms with Crippen LogP contribution in [0, 0.1) is 5.92 Å². The molecule has 1 nitrogen and oxygen atoms in total. The van der Waals surface area contributed by atoms with E-state index in [9.17, 15) is 18.3 Å². The highest BCUT2D eigenvalue weighted by Gasteiger charge is 2.46. The molecule has 2 atom stereocenters. The number of halogens is 3. The van der Waals surface area contributed by atoms with Crippen molar-refractivity contribution in [3.8, 4) is 0 Å². The molecule has 0 bridgehead atoms. The lowest BCUT2D eigenvalue weighted by Gasteiger charge is -2.37. The first-order chi connectivity index (χ1) is 8.87. The van der Waals surface area contributed by atoms with E-state index in [1.54, 1.807) is 0 Å². The Morgan fingerprint density at radius 1 is 1.11 bits per heavy atom. The molecule has 0 aliphatic heterocycles. The highest BCUT2D eigenvalue weighted by Crippen LogP contribution is 2.43. The molecular weight excluding hydrogens is 253 g/mol. The monoisotopic (exact) mass is 280 g/mol. The summed E-state index contributed by atoms with van der Waals surface area (Å²) in [6.45, 7) is 2.15. The summed E-state index contributed by atoms with van der Waals surface area (Å²) >= 11 is 0. The van der Waals surface area contributed by atoms with Gasteiger partial charge in [-0.05, 0) is 32.1 Å². The summed E-state index contributed by atoms with van der Waals surface area (Å²) in [4.78, 5) is 0. The maximum Gasteiger partial charge on any atom is 0.391 e. The molecule has 4 heteroatoms. The van der Waals surface area contributed by atoms with E-state index >= 15 is 0 Å². The quantitative estimate of drug-likeness (QED) is 0.634. The highest BCUT2D eigenvalue weighted by atomic mass is 19.4. The molecule has 0 amide bonds. The first-order valence-electron chi connectivity index (χ1n) is 7.66. The fourth-order valence-corrected chi connectivity index (χ4v) is 3.08. The molecule has 19 heavy (non-hydrogen) atoms. The van der Waals surface area contributed by atoms with Crippen molar-refractivity contribution in [1.82, 2.24) is 0 Å². The second-order valence-electron chi connectivity index (χ2n) is 6.08. The van der Waals surface area contributed by atoms with Gasteiger partial charge in [-0.1, -0.05) is 45.4 Å². The molecule has 0 spiro atoms. The van der Waals surface area contributed by atoms with Crippen molar-refractivity contribution in [3.63, 3.8) is 0 Å². The molecule has 0 saturated heterocycles. The number of unbranched alkanes of at least 4 members (excludes halogenated alkanes) is 5. The number of hydrogen-bond acceptors (Lipinski definition) is 1. The lowest BCUT2D eigenvalue weighted by molar-refractivity contribution is -0.201. The molecule has 0 aromatic heterocycles. The second-order valence-corrected chi connectivity index (χ2v) is 6.08. The summed E-state index contributed by atoms with van der Waals surface area (Å²) in [6, 6.07) is 0. The highest BCUT2D eigenvalue weighted by molar-refractivity contribution is 4.88. The summed E-state index contributed by atoms with van der Waals surface area (Å²) in [5, 5.41) is 10.3. The summed E-state index contributed by atoms with van der Waals surface area (Å²) in [5.74, 6) is -1.30. The van der Waals surface area contributed by atoms with Gasteiger partial charge in [-0.25, -0.2) is 0 Å². The van der Waals surface area contributed by atoms with Crippen molar-refractivity contribution in [2.75, 3.05) is 0 Å². The molecule has 1 saturated carbocycles. The predicted molar refractivity (Wildman–Crippen MR) is 71.0 cm³/mol. The zero-order chi connectivity index (χ0) is 14.4. The smallest absolute Gasteiger partial charge is 0.390 e. The van der Waals surface area contributed by atoms with Gasteiger partial charge in [0.1, 0.15) is 0 Å². The Kier molecular flexibility index (Phi) is 6.64. The van der Waals surface area contributed by atoms with Crippen molar-refractivity contribution in [2.45, 2.75) is 89.3 Å². The normalized spacial score (nSPS) is 28.6. The van der Waals surface area contributed by atoms with Crippen LogP contribution in [0.3, 0.4) is 0 Å². The molecule has 1 aliphatic rings. The average Bonchev–Trinajstić information content (AvgIpc) is 2.32. The fourth-order valence-electron chi connectivity index (χ4n) is 3.08. The standard InChI is InChI=1S/C15H27F3O/c1-2-3-4-5-6-7-10-14(19)11-8-9-13(12-14)15(16,17)18/h13,19H,2-12H2,1H3. The summed E-state index contributed by atoms with van der Waals surface area (Å²) in [7, 11) is 0. The summed E-state index contributed by atoms with van der Waals surface area (Å²) in [5.41, 5.74) is -1.07. The molecule has 1 N–H and O–H groups in total. The summed E-state index contributed by atoms with van der Waals surface area (Å²) in [6.07, 6.45) is 4.13. The molecule has 114 valence electrons. The van der Waals surface area contributed by atoms with Crippen molar-refractivity contribution in [2.24, 2.45) is 5.92 Å². The lowest BCUT2D eigenvalue weighted by Crippen LogP contribution is -2.40. The van der Waals surface area contributed by atoms with Crippen LogP contribution in [0.25, 0.3) is 0 Å². The second kappa shape index (κ2) is 7.51. The van der Waals surface area contributed by atoms with Crippen LogP contribution in [-0.4, -0.2) is 16.9 Å². The predicted octanol–water partition coefficient (Wildman–Crippen LogP) is 5.22. The molecule has 1 aliphatic carbocycles. The van der Waals surface area contributed by atoms with Gasteiger partial charge in [-0.2, -0.15) is 13.2 Å². The van der Waals surface area contributed by atoms with Crippen molar-refractivity contribution in [3.05, 3.63) is 0 Å². The van der Waals surface area contributed by atoms with Gasteiger partial charge in [-0.15, -0.1) is 0 Å². The van der Waals surface area contributed by atoms with Gasteiger partial charge in [0, 0.05) is 0 Å². The van der Waals surface area contributed by atoms with Crippen molar-refractivity contribution in [1.29, 1.82) is 0 Å². The first-order valence-corrected chi connectivity index (χ1v) is 7.66. The van der Waals surface area contributed by atoms with Crippen molar-refractivity contribution < 1.29 is 18.3 Å². The van der Waals surface area contributed by atoms with E-state index < -0.39 is 17.7 Å². The van der Waals surface area contributed by atoms with Gasteiger partial charge in [0.05, 0.1) is 11.5 Å². The van der Waals surface area contributed by atoms with Gasteiger partial charge in [0.25, 0.3) is 0 Å². The molecular formula is C15H27F3O. The first kappa shape index (κ1) is 16.8. The van der Waals surface area contributed by atoms with Crippen LogP contribution in [0.1, 0.15) is 77.6 Å². The van der Waals surface area contributed by atoms with Crippen LogP contribution in [0.5, 0.6) is 0 Å². The third-order valence-electron chi connectivity index (χ3n) is 4.28. The van der Waals surface area contributed by atoms with E-state index in [4.69, 9.17) is 0 Å². The minimum absolute atomic E-state index is 0.0918. The van der Waals surface area contributed by atoms with E-state index in [-0.39, 0.29) is 12.8 Å². The van der Waals surface area contributed by atoms with E-state index in [1.165, 1.54) is 19.3 Å². The Hall–Kier alpha value is -0.250. The third-order valence-corrected chi connectivity index (χ3v) is 4.28. The molecule has 0 radical (unpaired) electrons. The minimum Gasteiger partial charge on any atom is -0.390 e. The van der Waals surface area contributed by atoms with Gasteiger partial charge in [0.2, 0.25) is 0 Å². The molecule has 2 unspecified atom stereocenters. The maximum absolute atomic E-state index is 12.7. The number of alkyl halides is 3.